The number of fused-ring (bicyclic) bond motifs is 11. The van der Waals surface area contributed by atoms with E-state index in [0.29, 0.717) is 36.6 Å². The lowest BCUT2D eigenvalue weighted by Gasteiger charge is -2.41. The predicted octanol–water partition coefficient (Wildman–Crippen LogP) is 4.41. The van der Waals surface area contributed by atoms with Crippen LogP contribution in [-0.2, 0) is 27.2 Å². The van der Waals surface area contributed by atoms with E-state index in [1.54, 1.807) is 47.5 Å². The number of benzene rings is 3. The first-order valence-electron chi connectivity index (χ1n) is 16.7. The van der Waals surface area contributed by atoms with Gasteiger partial charge in [0.25, 0.3) is 5.91 Å². The third-order valence-electron chi connectivity index (χ3n) is 8.90. The number of ether oxygens (including phenoxy) is 1. The number of nitrogens with zero attached hydrogens (tertiary/aromatic N) is 2. The average molecular weight is 660 g/mol. The van der Waals surface area contributed by atoms with Crippen LogP contribution in [0.2, 0.25) is 0 Å². The first kappa shape index (κ1) is 33.4. The fourth-order valence-corrected chi connectivity index (χ4v) is 6.22. The predicted molar refractivity (Wildman–Crippen MR) is 185 cm³/mol. The number of hydrogen-bond acceptors (Lipinski definition) is 6. The molecule has 3 aromatic carbocycles. The van der Waals surface area contributed by atoms with Gasteiger partial charge in [-0.2, -0.15) is 0 Å². The minimum absolute atomic E-state index is 0.0520. The van der Waals surface area contributed by atoms with Crippen LogP contribution in [0.4, 0.5) is 0 Å². The standard InChI is InChI=1S/C39H41N5O5/c1-25(2)18-33-37(46)43-35(39(48)44-23-30(24-44)29-11-7-17-40-22-29)20-27-13-15-31(16-14-27)49-32-12-6-10-28(21-32)36(45)41-34(38(47)42-33)19-26-8-4-3-5-9-26/h3-17,21-22,25,30,33-35H,18-20,23-24H2,1-2H3,(H,41,45)(H,42,47)(H,43,46)/t33-,34+,35-/m0/s1. The van der Waals surface area contributed by atoms with Crippen molar-refractivity contribution in [1.82, 2.24) is 25.8 Å². The Hall–Kier alpha value is -5.51. The van der Waals surface area contributed by atoms with Crippen LogP contribution in [0.1, 0.15) is 53.2 Å². The number of carbonyl (C=O) groups is 4. The molecule has 0 aliphatic carbocycles. The molecule has 1 saturated heterocycles. The molecule has 3 aliphatic rings. The second kappa shape index (κ2) is 15.1. The quantitative estimate of drug-likeness (QED) is 0.263. The molecule has 0 spiro atoms. The summed E-state index contributed by atoms with van der Waals surface area (Å²) in [6.45, 7) is 4.98. The molecule has 4 heterocycles. The van der Waals surface area contributed by atoms with Crippen LogP contribution in [0.3, 0.4) is 0 Å². The van der Waals surface area contributed by atoms with E-state index < -0.39 is 35.8 Å². The molecule has 49 heavy (non-hydrogen) atoms. The molecule has 1 aromatic heterocycles. The van der Waals surface area contributed by atoms with Gasteiger partial charge in [-0.25, -0.2) is 0 Å². The van der Waals surface area contributed by atoms with Crippen LogP contribution in [0.25, 0.3) is 0 Å². The highest BCUT2D eigenvalue weighted by molar-refractivity contribution is 5.99. The number of likely N-dealkylation sites (tertiary alicyclic amines) is 1. The molecule has 3 N–H and O–H groups in total. The molecule has 1 fully saturated rings. The Kier molecular flexibility index (Phi) is 10.3. The molecule has 10 nitrogen and oxygen atoms in total. The van der Waals surface area contributed by atoms with Crippen molar-refractivity contribution in [2.45, 2.75) is 57.2 Å². The third-order valence-corrected chi connectivity index (χ3v) is 8.90. The Morgan fingerprint density at radius 1 is 0.837 bits per heavy atom. The summed E-state index contributed by atoms with van der Waals surface area (Å²) >= 11 is 0. The van der Waals surface area contributed by atoms with Crippen LogP contribution >= 0.6 is 0 Å². The van der Waals surface area contributed by atoms with Crippen LogP contribution in [0.5, 0.6) is 11.5 Å². The molecule has 0 saturated carbocycles. The van der Waals surface area contributed by atoms with Crippen LogP contribution in [0, 0.1) is 5.92 Å². The van der Waals surface area contributed by atoms with E-state index in [2.05, 4.69) is 20.9 Å². The minimum atomic E-state index is -0.976. The zero-order valence-corrected chi connectivity index (χ0v) is 27.7. The van der Waals surface area contributed by atoms with Gasteiger partial charge in [0.15, 0.2) is 0 Å². The molecule has 7 rings (SSSR count). The molecule has 0 unspecified atom stereocenters. The van der Waals surface area contributed by atoms with Gasteiger partial charge in [0.1, 0.15) is 29.6 Å². The number of pyridine rings is 1. The van der Waals surface area contributed by atoms with Gasteiger partial charge in [0, 0.05) is 49.8 Å². The number of nitrogens with one attached hydrogen (secondary N) is 3. The molecular weight excluding hydrogens is 618 g/mol. The van der Waals surface area contributed by atoms with Crippen molar-refractivity contribution in [2.75, 3.05) is 13.1 Å². The van der Waals surface area contributed by atoms with E-state index in [1.165, 1.54) is 0 Å². The van der Waals surface area contributed by atoms with Crippen molar-refractivity contribution >= 4 is 23.6 Å². The lowest BCUT2D eigenvalue weighted by Crippen LogP contribution is -2.60. The number of hydrogen-bond donors (Lipinski definition) is 3. The first-order chi connectivity index (χ1) is 23.7. The fraction of sp³-hybridized carbons (Fsp3) is 0.308. The van der Waals surface area contributed by atoms with Gasteiger partial charge in [-0.1, -0.05) is 68.4 Å². The number of amides is 4. The molecular formula is C39H41N5O5. The Morgan fingerprint density at radius 3 is 2.31 bits per heavy atom. The lowest BCUT2D eigenvalue weighted by molar-refractivity contribution is -0.141. The van der Waals surface area contributed by atoms with Crippen LogP contribution in [0.15, 0.2) is 103 Å². The third kappa shape index (κ3) is 8.51. The monoisotopic (exact) mass is 659 g/mol. The second-order valence-corrected chi connectivity index (χ2v) is 13.2. The average Bonchev–Trinajstić information content (AvgIpc) is 3.08. The molecule has 3 aliphatic heterocycles. The summed E-state index contributed by atoms with van der Waals surface area (Å²) in [5.41, 5.74) is 3.07. The highest BCUT2D eigenvalue weighted by atomic mass is 16.5. The summed E-state index contributed by atoms with van der Waals surface area (Å²) in [7, 11) is 0. The number of carbonyl (C=O) groups excluding carboxylic acids is 4. The molecule has 4 amide bonds. The summed E-state index contributed by atoms with van der Waals surface area (Å²) in [6.07, 6.45) is 4.34. The Morgan fingerprint density at radius 2 is 1.59 bits per heavy atom. The minimum Gasteiger partial charge on any atom is -0.457 e. The van der Waals surface area contributed by atoms with E-state index >= 15 is 0 Å². The van der Waals surface area contributed by atoms with Crippen molar-refractivity contribution in [2.24, 2.45) is 5.92 Å². The largest absolute Gasteiger partial charge is 0.457 e. The van der Waals surface area contributed by atoms with E-state index in [9.17, 15) is 19.2 Å². The van der Waals surface area contributed by atoms with Crippen molar-refractivity contribution in [1.29, 1.82) is 0 Å². The maximum absolute atomic E-state index is 14.0. The normalized spacial score (nSPS) is 20.3. The molecule has 4 bridgehead atoms. The summed E-state index contributed by atoms with van der Waals surface area (Å²) in [6, 6.07) is 24.6. The molecule has 0 radical (unpaired) electrons. The molecule has 10 heteroatoms. The van der Waals surface area contributed by atoms with Crippen LogP contribution in [-0.4, -0.2) is 64.7 Å². The van der Waals surface area contributed by atoms with Gasteiger partial charge in [0.2, 0.25) is 17.7 Å². The highest BCUT2D eigenvalue weighted by Gasteiger charge is 2.37. The van der Waals surface area contributed by atoms with Gasteiger partial charge in [-0.15, -0.1) is 0 Å². The smallest absolute Gasteiger partial charge is 0.252 e. The molecule has 3 atom stereocenters. The van der Waals surface area contributed by atoms with E-state index in [4.69, 9.17) is 4.74 Å². The summed E-state index contributed by atoms with van der Waals surface area (Å²) < 4.78 is 6.06. The Labute approximate surface area is 286 Å². The summed E-state index contributed by atoms with van der Waals surface area (Å²) in [5, 5.41) is 8.79. The Bertz CT molecular complexity index is 1770. The lowest BCUT2D eigenvalue weighted by atomic mass is 9.91. The molecule has 4 aromatic rings. The van der Waals surface area contributed by atoms with Crippen LogP contribution < -0.4 is 20.7 Å². The summed E-state index contributed by atoms with van der Waals surface area (Å²) in [5.74, 6) is -0.354. The molecule has 252 valence electrons. The van der Waals surface area contributed by atoms with E-state index in [0.717, 1.165) is 16.7 Å². The van der Waals surface area contributed by atoms with Gasteiger partial charge >= 0.3 is 0 Å². The zero-order valence-electron chi connectivity index (χ0n) is 27.7. The first-order valence-corrected chi connectivity index (χ1v) is 16.7. The maximum atomic E-state index is 14.0. The van der Waals surface area contributed by atoms with Gasteiger partial charge < -0.3 is 25.6 Å². The zero-order chi connectivity index (χ0) is 34.3. The van der Waals surface area contributed by atoms with E-state index in [-0.39, 0.29) is 30.6 Å². The van der Waals surface area contributed by atoms with Gasteiger partial charge in [-0.3, -0.25) is 24.2 Å². The fourth-order valence-electron chi connectivity index (χ4n) is 6.22. The number of rotatable bonds is 6. The SMILES string of the molecule is CC(C)C[C@@H]1NC(=O)[C@@H](Cc2ccccc2)NC(=O)c2cccc(c2)Oc2ccc(cc2)C[C@@H](C(=O)N2CC(c3cccnc3)C2)NC1=O. The summed E-state index contributed by atoms with van der Waals surface area (Å²) in [4.78, 5) is 61.4. The Balaban J connectivity index is 1.31. The topological polar surface area (TPSA) is 130 Å². The van der Waals surface area contributed by atoms with Crippen molar-refractivity contribution in [3.8, 4) is 11.5 Å². The van der Waals surface area contributed by atoms with Gasteiger partial charge in [-0.05, 0) is 65.4 Å². The number of aromatic nitrogens is 1. The van der Waals surface area contributed by atoms with Crippen molar-refractivity contribution in [3.63, 3.8) is 0 Å². The van der Waals surface area contributed by atoms with Crippen molar-refractivity contribution in [3.05, 3.63) is 126 Å². The maximum Gasteiger partial charge on any atom is 0.252 e. The van der Waals surface area contributed by atoms with Crippen molar-refractivity contribution < 1.29 is 23.9 Å². The van der Waals surface area contributed by atoms with E-state index in [1.807, 2.05) is 74.6 Å². The highest BCUT2D eigenvalue weighted by Crippen LogP contribution is 2.28. The second-order valence-electron chi connectivity index (χ2n) is 13.2. The van der Waals surface area contributed by atoms with Gasteiger partial charge in [0.05, 0.1) is 0 Å².